The fourth-order valence-corrected chi connectivity index (χ4v) is 4.15. The molecule has 3 heterocycles. The predicted octanol–water partition coefficient (Wildman–Crippen LogP) is 3.61. The second-order valence-corrected chi connectivity index (χ2v) is 7.09. The summed E-state index contributed by atoms with van der Waals surface area (Å²) in [6, 6.07) is 1.80. The summed E-state index contributed by atoms with van der Waals surface area (Å²) in [7, 11) is 0. The Morgan fingerprint density at radius 1 is 1.04 bits per heavy atom. The van der Waals surface area contributed by atoms with Gasteiger partial charge in [-0.05, 0) is 38.0 Å². The second kappa shape index (κ2) is 5.32. The van der Waals surface area contributed by atoms with Gasteiger partial charge in [-0.15, -0.1) is 5.10 Å². The molecule has 0 N–H and O–H groups in total. The minimum atomic E-state index is -4.56. The van der Waals surface area contributed by atoms with Crippen LogP contribution < -0.4 is 4.90 Å². The molecule has 2 aliphatic rings. The minimum Gasteiger partial charge on any atom is -0.356 e. The van der Waals surface area contributed by atoms with E-state index >= 15 is 0 Å². The number of rotatable bonds is 1. The first-order valence-electron chi connectivity index (χ1n) is 8.43. The number of anilines is 1. The van der Waals surface area contributed by atoms with E-state index in [0.29, 0.717) is 16.9 Å². The van der Waals surface area contributed by atoms with E-state index in [2.05, 4.69) is 20.0 Å². The van der Waals surface area contributed by atoms with Crippen LogP contribution in [0.3, 0.4) is 0 Å². The van der Waals surface area contributed by atoms with Gasteiger partial charge >= 0.3 is 6.18 Å². The minimum absolute atomic E-state index is 0.0125. The van der Waals surface area contributed by atoms with Gasteiger partial charge in [0.1, 0.15) is 5.82 Å². The Kier molecular flexibility index (Phi) is 3.47. The van der Waals surface area contributed by atoms with E-state index in [9.17, 15) is 13.2 Å². The Labute approximate surface area is 137 Å². The van der Waals surface area contributed by atoms with Gasteiger partial charge in [0.05, 0.1) is 0 Å². The van der Waals surface area contributed by atoms with Crippen LogP contribution in [0.4, 0.5) is 19.0 Å². The molecule has 0 radical (unpaired) electrons. The first kappa shape index (κ1) is 15.7. The van der Waals surface area contributed by atoms with E-state index in [1.807, 2.05) is 0 Å². The van der Waals surface area contributed by atoms with Crippen molar-refractivity contribution in [2.24, 2.45) is 5.41 Å². The summed E-state index contributed by atoms with van der Waals surface area (Å²) in [6.45, 7) is 3.47. The molecule has 4 rings (SSSR count). The van der Waals surface area contributed by atoms with Crippen LogP contribution in [0.25, 0.3) is 5.78 Å². The molecule has 0 bridgehead atoms. The number of hydrogen-bond donors (Lipinski definition) is 0. The molecule has 5 nitrogen and oxygen atoms in total. The number of piperidine rings is 1. The molecule has 0 unspecified atom stereocenters. The first-order valence-corrected chi connectivity index (χ1v) is 8.43. The van der Waals surface area contributed by atoms with Gasteiger partial charge < -0.3 is 4.90 Å². The lowest BCUT2D eigenvalue weighted by Gasteiger charge is -2.40. The molecule has 8 heteroatoms. The van der Waals surface area contributed by atoms with Crippen LogP contribution in [0.15, 0.2) is 6.07 Å². The molecule has 0 atom stereocenters. The fourth-order valence-electron chi connectivity index (χ4n) is 4.15. The van der Waals surface area contributed by atoms with E-state index in [-0.39, 0.29) is 5.78 Å². The van der Waals surface area contributed by atoms with Crippen LogP contribution in [-0.2, 0) is 6.18 Å². The third-order valence-corrected chi connectivity index (χ3v) is 5.49. The Balaban J connectivity index is 1.67. The molecular weight excluding hydrogens is 319 g/mol. The van der Waals surface area contributed by atoms with Crippen molar-refractivity contribution in [2.45, 2.75) is 51.6 Å². The van der Waals surface area contributed by atoms with Crippen molar-refractivity contribution in [1.82, 2.24) is 19.6 Å². The third-order valence-electron chi connectivity index (χ3n) is 5.49. The Morgan fingerprint density at radius 2 is 1.71 bits per heavy atom. The molecule has 2 aromatic rings. The molecule has 1 aliphatic heterocycles. The molecule has 1 aliphatic carbocycles. The van der Waals surface area contributed by atoms with Crippen molar-refractivity contribution in [2.75, 3.05) is 18.0 Å². The van der Waals surface area contributed by atoms with Crippen LogP contribution in [0.2, 0.25) is 0 Å². The number of fused-ring (bicyclic) bond motifs is 1. The molecule has 24 heavy (non-hydrogen) atoms. The Morgan fingerprint density at radius 3 is 2.33 bits per heavy atom. The summed E-state index contributed by atoms with van der Waals surface area (Å²) in [6.07, 6.45) is 2.80. The second-order valence-electron chi connectivity index (χ2n) is 7.09. The number of hydrogen-bond acceptors (Lipinski definition) is 4. The van der Waals surface area contributed by atoms with Gasteiger partial charge in [-0.2, -0.15) is 22.7 Å². The predicted molar refractivity (Wildman–Crippen MR) is 82.9 cm³/mol. The van der Waals surface area contributed by atoms with E-state index in [1.54, 1.807) is 13.0 Å². The van der Waals surface area contributed by atoms with Gasteiger partial charge in [0, 0.05) is 24.8 Å². The molecular formula is C16H20F3N5. The maximum absolute atomic E-state index is 12.9. The summed E-state index contributed by atoms with van der Waals surface area (Å²) < 4.78 is 40.0. The van der Waals surface area contributed by atoms with Crippen molar-refractivity contribution >= 4 is 11.6 Å². The lowest BCUT2D eigenvalue weighted by atomic mass is 9.77. The van der Waals surface area contributed by atoms with E-state index in [4.69, 9.17) is 0 Å². The molecule has 1 saturated heterocycles. The van der Waals surface area contributed by atoms with Gasteiger partial charge in [-0.3, -0.25) is 0 Å². The highest BCUT2D eigenvalue weighted by atomic mass is 19.4. The number of alkyl halides is 3. The molecule has 130 valence electrons. The quantitative estimate of drug-likeness (QED) is 0.796. The van der Waals surface area contributed by atoms with Crippen molar-refractivity contribution in [3.05, 3.63) is 17.6 Å². The summed E-state index contributed by atoms with van der Waals surface area (Å²) in [5.41, 5.74) is 1.11. The van der Waals surface area contributed by atoms with E-state index in [1.165, 1.54) is 30.2 Å². The lowest BCUT2D eigenvalue weighted by molar-refractivity contribution is -0.144. The number of nitrogens with zero attached hydrogens (tertiary/aromatic N) is 5. The highest BCUT2D eigenvalue weighted by Gasteiger charge is 2.39. The van der Waals surface area contributed by atoms with Crippen LogP contribution in [0.1, 0.15) is 50.0 Å². The Hall–Kier alpha value is -1.86. The van der Waals surface area contributed by atoms with Gasteiger partial charge in [0.15, 0.2) is 0 Å². The van der Waals surface area contributed by atoms with Crippen molar-refractivity contribution < 1.29 is 13.2 Å². The third kappa shape index (κ3) is 2.61. The first-order chi connectivity index (χ1) is 11.4. The van der Waals surface area contributed by atoms with Crippen LogP contribution in [0, 0.1) is 12.3 Å². The lowest BCUT2D eigenvalue weighted by Crippen LogP contribution is -2.39. The van der Waals surface area contributed by atoms with Crippen molar-refractivity contribution in [3.8, 4) is 0 Å². The summed E-state index contributed by atoms with van der Waals surface area (Å²) in [5, 5.41) is 3.67. The van der Waals surface area contributed by atoms with Crippen LogP contribution in [-0.4, -0.2) is 32.7 Å². The number of aryl methyl sites for hydroxylation is 1. The number of halogens is 3. The largest absolute Gasteiger partial charge is 0.453 e. The summed E-state index contributed by atoms with van der Waals surface area (Å²) in [4.78, 5) is 9.78. The number of aromatic nitrogens is 4. The monoisotopic (exact) mass is 339 g/mol. The van der Waals surface area contributed by atoms with Gasteiger partial charge in [0.2, 0.25) is 0 Å². The highest BCUT2D eigenvalue weighted by molar-refractivity contribution is 5.48. The smallest absolute Gasteiger partial charge is 0.356 e. The highest BCUT2D eigenvalue weighted by Crippen LogP contribution is 2.46. The zero-order valence-electron chi connectivity index (χ0n) is 13.6. The van der Waals surface area contributed by atoms with Gasteiger partial charge in [0.25, 0.3) is 11.6 Å². The maximum Gasteiger partial charge on any atom is 0.453 e. The SMILES string of the molecule is Cc1cc(N2CCC3(CCCC3)CC2)n2nc(C(F)(F)F)nc2n1. The van der Waals surface area contributed by atoms with Gasteiger partial charge in [-0.1, -0.05) is 12.8 Å². The average molecular weight is 339 g/mol. The fraction of sp³-hybridized carbons (Fsp3) is 0.688. The maximum atomic E-state index is 12.9. The zero-order chi connectivity index (χ0) is 16.9. The molecule has 0 aromatic carbocycles. The molecule has 1 saturated carbocycles. The van der Waals surface area contributed by atoms with E-state index < -0.39 is 12.0 Å². The average Bonchev–Trinajstić information content (AvgIpc) is 3.14. The van der Waals surface area contributed by atoms with E-state index in [0.717, 1.165) is 25.9 Å². The van der Waals surface area contributed by atoms with Crippen LogP contribution >= 0.6 is 0 Å². The standard InChI is InChI=1S/C16H20F3N5/c1-11-10-12(23-8-6-15(7-9-23)4-2-3-5-15)24-14(20-11)21-13(22-24)16(17,18)19/h10H,2-9H2,1H3. The normalized spacial score (nSPS) is 21.1. The summed E-state index contributed by atoms with van der Waals surface area (Å²) >= 11 is 0. The zero-order valence-corrected chi connectivity index (χ0v) is 13.6. The van der Waals surface area contributed by atoms with Gasteiger partial charge in [-0.25, -0.2) is 4.98 Å². The Bertz CT molecular complexity index is 751. The molecule has 2 fully saturated rings. The van der Waals surface area contributed by atoms with Crippen LogP contribution in [0.5, 0.6) is 0 Å². The molecule has 1 spiro atoms. The van der Waals surface area contributed by atoms with Crippen molar-refractivity contribution in [3.63, 3.8) is 0 Å². The van der Waals surface area contributed by atoms with Crippen molar-refractivity contribution in [1.29, 1.82) is 0 Å². The molecule has 2 aromatic heterocycles. The molecule has 0 amide bonds. The topological polar surface area (TPSA) is 46.3 Å². The summed E-state index contributed by atoms with van der Waals surface area (Å²) in [5.74, 6) is -0.460.